The van der Waals surface area contributed by atoms with Crippen LogP contribution in [0.25, 0.3) is 0 Å². The second kappa shape index (κ2) is 9.25. The van der Waals surface area contributed by atoms with Gasteiger partial charge in [0.15, 0.2) is 5.70 Å². The van der Waals surface area contributed by atoms with Crippen molar-refractivity contribution in [1.29, 1.82) is 0 Å². The molecule has 0 bridgehead atoms. The van der Waals surface area contributed by atoms with Gasteiger partial charge in [0.05, 0.1) is 23.4 Å². The molecule has 1 heterocycles. The Morgan fingerprint density at radius 3 is 2.42 bits per heavy atom. The number of azo groups is 1. The van der Waals surface area contributed by atoms with Crippen LogP contribution in [0, 0.1) is 11.3 Å². The van der Waals surface area contributed by atoms with E-state index in [4.69, 9.17) is 4.74 Å². The smallest absolute Gasteiger partial charge is 0.317 e. The van der Waals surface area contributed by atoms with Crippen molar-refractivity contribution in [3.05, 3.63) is 40.8 Å². The van der Waals surface area contributed by atoms with Gasteiger partial charge in [-0.05, 0) is 37.3 Å². The summed E-state index contributed by atoms with van der Waals surface area (Å²) in [6, 6.07) is 4.41. The number of nitrogens with zero attached hydrogens (tertiary/aromatic N) is 3. The number of benzene rings is 1. The standard InChI is InChI=1S/C24H29N3O6/c1-6-13(7-2)27-21(30)14-10-9-11-15(17(14)22(27)31)25-26-19-16(28)12-24(4,5)18(20(19)29)23(32)33-8-3/h9-11,13,18,28H,6-8,12H2,1-5H3/b26-25+. The predicted octanol–water partition coefficient (Wildman–Crippen LogP) is 4.50. The van der Waals surface area contributed by atoms with E-state index in [1.54, 1.807) is 32.9 Å². The molecule has 9 nitrogen and oxygen atoms in total. The Morgan fingerprint density at radius 1 is 1.15 bits per heavy atom. The first-order valence-electron chi connectivity index (χ1n) is 11.1. The van der Waals surface area contributed by atoms with Gasteiger partial charge in [-0.3, -0.25) is 24.1 Å². The molecule has 2 amide bonds. The maximum Gasteiger partial charge on any atom is 0.317 e. The normalized spacial score (nSPS) is 20.2. The summed E-state index contributed by atoms with van der Waals surface area (Å²) < 4.78 is 5.05. The van der Waals surface area contributed by atoms with Crippen molar-refractivity contribution in [2.45, 2.75) is 59.9 Å². The van der Waals surface area contributed by atoms with Crippen LogP contribution in [-0.2, 0) is 14.3 Å². The number of amides is 2. The van der Waals surface area contributed by atoms with Crippen molar-refractivity contribution >= 4 is 29.3 Å². The van der Waals surface area contributed by atoms with Crippen molar-refractivity contribution in [3.8, 4) is 0 Å². The number of esters is 1. The van der Waals surface area contributed by atoms with Crippen molar-refractivity contribution in [2.24, 2.45) is 21.6 Å². The minimum absolute atomic E-state index is 0.0311. The number of hydrogen-bond acceptors (Lipinski definition) is 8. The summed E-state index contributed by atoms with van der Waals surface area (Å²) in [5.41, 5.74) is -0.757. The Balaban J connectivity index is 1.99. The van der Waals surface area contributed by atoms with E-state index in [9.17, 15) is 24.3 Å². The van der Waals surface area contributed by atoms with Crippen LogP contribution in [0.1, 0.15) is 74.6 Å². The van der Waals surface area contributed by atoms with Gasteiger partial charge in [-0.2, -0.15) is 0 Å². The average molecular weight is 456 g/mol. The number of ether oxygens (including phenoxy) is 1. The number of carbonyl (C=O) groups is 4. The quantitative estimate of drug-likeness (QED) is 0.279. The lowest BCUT2D eigenvalue weighted by Gasteiger charge is -2.34. The summed E-state index contributed by atoms with van der Waals surface area (Å²) in [6.45, 7) is 8.96. The third-order valence-corrected chi connectivity index (χ3v) is 6.19. The Morgan fingerprint density at radius 2 is 1.82 bits per heavy atom. The number of aliphatic hydroxyl groups is 1. The molecule has 2 aliphatic rings. The third-order valence-electron chi connectivity index (χ3n) is 6.19. The van der Waals surface area contributed by atoms with E-state index in [1.165, 1.54) is 11.0 Å². The zero-order valence-electron chi connectivity index (χ0n) is 19.5. The molecule has 0 aromatic heterocycles. The summed E-state index contributed by atoms with van der Waals surface area (Å²) in [7, 11) is 0. The molecule has 0 radical (unpaired) electrons. The van der Waals surface area contributed by atoms with Gasteiger partial charge in [0.2, 0.25) is 5.78 Å². The van der Waals surface area contributed by atoms with E-state index in [-0.39, 0.29) is 53.2 Å². The second-order valence-corrected chi connectivity index (χ2v) is 8.86. The lowest BCUT2D eigenvalue weighted by atomic mass is 9.69. The van der Waals surface area contributed by atoms with Gasteiger partial charge in [0.25, 0.3) is 11.8 Å². The number of allylic oxidation sites excluding steroid dienone is 2. The van der Waals surface area contributed by atoms with Gasteiger partial charge in [0.1, 0.15) is 11.7 Å². The van der Waals surface area contributed by atoms with Crippen LogP contribution < -0.4 is 0 Å². The minimum atomic E-state index is -1.14. The third kappa shape index (κ3) is 4.19. The van der Waals surface area contributed by atoms with E-state index in [2.05, 4.69) is 10.2 Å². The molecule has 3 rings (SSSR count). The zero-order chi connectivity index (χ0) is 24.5. The predicted molar refractivity (Wildman–Crippen MR) is 119 cm³/mol. The van der Waals surface area contributed by atoms with Gasteiger partial charge >= 0.3 is 5.97 Å². The zero-order valence-corrected chi connectivity index (χ0v) is 19.5. The molecule has 1 aromatic rings. The number of fused-ring (bicyclic) bond motifs is 1. The van der Waals surface area contributed by atoms with Crippen molar-refractivity contribution in [1.82, 2.24) is 4.90 Å². The number of Topliss-reactive ketones (excluding diaryl/α,β-unsaturated/α-hetero) is 1. The monoisotopic (exact) mass is 455 g/mol. The Kier molecular flexibility index (Phi) is 6.81. The molecule has 33 heavy (non-hydrogen) atoms. The van der Waals surface area contributed by atoms with Crippen molar-refractivity contribution < 1.29 is 29.0 Å². The van der Waals surface area contributed by atoms with E-state index in [0.717, 1.165) is 0 Å². The highest BCUT2D eigenvalue weighted by atomic mass is 16.5. The molecule has 0 saturated carbocycles. The summed E-state index contributed by atoms with van der Waals surface area (Å²) in [6.07, 6.45) is 1.28. The molecular formula is C24H29N3O6. The maximum atomic E-state index is 13.1. The first kappa shape index (κ1) is 24.3. The summed E-state index contributed by atoms with van der Waals surface area (Å²) in [5, 5.41) is 18.5. The highest BCUT2D eigenvalue weighted by Gasteiger charge is 2.48. The Bertz CT molecular complexity index is 1070. The fourth-order valence-corrected chi connectivity index (χ4v) is 4.47. The molecule has 176 valence electrons. The van der Waals surface area contributed by atoms with Gasteiger partial charge in [-0.25, -0.2) is 0 Å². The number of rotatable bonds is 7. The van der Waals surface area contributed by atoms with Gasteiger partial charge in [-0.1, -0.05) is 33.8 Å². The Hall–Kier alpha value is -3.36. The highest BCUT2D eigenvalue weighted by Crippen LogP contribution is 2.42. The molecular weight excluding hydrogens is 426 g/mol. The van der Waals surface area contributed by atoms with Gasteiger partial charge in [-0.15, -0.1) is 10.2 Å². The SMILES string of the molecule is CCOC(=O)C1C(=O)C(/N=N/c2cccc3c2C(=O)N(C(CC)CC)C3=O)=C(O)CC1(C)C. The molecule has 1 aliphatic heterocycles. The lowest BCUT2D eigenvalue weighted by molar-refractivity contribution is -0.156. The summed E-state index contributed by atoms with van der Waals surface area (Å²) in [4.78, 5) is 52.7. The Labute approximate surface area is 192 Å². The van der Waals surface area contributed by atoms with Crippen LogP contribution in [0.5, 0.6) is 0 Å². The molecule has 1 aromatic carbocycles. The van der Waals surface area contributed by atoms with E-state index < -0.39 is 29.0 Å². The van der Waals surface area contributed by atoms with Gasteiger partial charge in [0, 0.05) is 12.5 Å². The van der Waals surface area contributed by atoms with Gasteiger partial charge < -0.3 is 9.84 Å². The molecule has 0 saturated heterocycles. The number of aliphatic hydroxyl groups excluding tert-OH is 1. The number of imide groups is 1. The van der Waals surface area contributed by atoms with Crippen LogP contribution in [0.2, 0.25) is 0 Å². The first-order valence-corrected chi connectivity index (χ1v) is 11.1. The van der Waals surface area contributed by atoms with E-state index in [1.807, 2.05) is 13.8 Å². The highest BCUT2D eigenvalue weighted by molar-refractivity contribution is 6.23. The summed E-state index contributed by atoms with van der Waals surface area (Å²) in [5.74, 6) is -3.66. The number of carbonyl (C=O) groups excluding carboxylic acids is 4. The molecule has 1 aliphatic carbocycles. The molecule has 1 N–H and O–H groups in total. The molecule has 9 heteroatoms. The molecule has 0 spiro atoms. The molecule has 0 fully saturated rings. The van der Waals surface area contributed by atoms with Crippen LogP contribution in [0.15, 0.2) is 39.9 Å². The fourth-order valence-electron chi connectivity index (χ4n) is 4.47. The fraction of sp³-hybridized carbons (Fsp3) is 0.500. The minimum Gasteiger partial charge on any atom is -0.510 e. The lowest BCUT2D eigenvalue weighted by Crippen LogP contribution is -2.42. The number of hydrogen-bond donors (Lipinski definition) is 1. The van der Waals surface area contributed by atoms with Crippen molar-refractivity contribution in [2.75, 3.05) is 6.61 Å². The maximum absolute atomic E-state index is 13.1. The summed E-state index contributed by atoms with van der Waals surface area (Å²) >= 11 is 0. The largest absolute Gasteiger partial charge is 0.510 e. The van der Waals surface area contributed by atoms with E-state index >= 15 is 0 Å². The van der Waals surface area contributed by atoms with Crippen LogP contribution in [0.4, 0.5) is 5.69 Å². The topological polar surface area (TPSA) is 126 Å². The average Bonchev–Trinajstić information content (AvgIpc) is 3.00. The van der Waals surface area contributed by atoms with Crippen LogP contribution in [0.3, 0.4) is 0 Å². The van der Waals surface area contributed by atoms with Crippen molar-refractivity contribution in [3.63, 3.8) is 0 Å². The van der Waals surface area contributed by atoms with E-state index in [0.29, 0.717) is 12.8 Å². The molecule has 1 unspecified atom stereocenters. The van der Waals surface area contributed by atoms with Crippen LogP contribution >= 0.6 is 0 Å². The number of ketones is 1. The molecule has 1 atom stereocenters. The van der Waals surface area contributed by atoms with Crippen LogP contribution in [-0.4, -0.2) is 46.2 Å². The first-order chi connectivity index (χ1) is 15.6. The second-order valence-electron chi connectivity index (χ2n) is 8.86.